The van der Waals surface area contributed by atoms with E-state index >= 15 is 0 Å². The minimum Gasteiger partial charge on any atom is -0.494 e. The lowest BCUT2D eigenvalue weighted by Crippen LogP contribution is -2.17. The van der Waals surface area contributed by atoms with E-state index in [4.69, 9.17) is 30.4 Å². The van der Waals surface area contributed by atoms with Gasteiger partial charge in [-0.25, -0.2) is 0 Å². The monoisotopic (exact) mass is 536 g/mol. The second kappa shape index (κ2) is 13.0. The zero-order chi connectivity index (χ0) is 25.5. The highest BCUT2D eigenvalue weighted by Crippen LogP contribution is 2.45. The number of carbonyl (C=O) groups is 2. The number of methoxy groups -OCH3 is 4. The standard InChI is InChI=1S/C24H28N4O6S.ClH/c1-31-18-10-14(11-19(32-2)22(18)34-4)23-16(12-27-35-23)13-8-15(24(26)30)21(33-3)17(9-13)28-20(29)6-5-7-25;/h8-12H,5-7,25H2,1-4H3,(H2,26,30)(H,28,29);1H. The molecule has 10 nitrogen and oxygen atoms in total. The predicted octanol–water partition coefficient (Wildman–Crippen LogP) is 3.71. The van der Waals surface area contributed by atoms with Crippen LogP contribution in [0.5, 0.6) is 23.0 Å². The van der Waals surface area contributed by atoms with Crippen LogP contribution >= 0.6 is 23.9 Å². The Labute approximate surface area is 219 Å². The minimum absolute atomic E-state index is 0. The summed E-state index contributed by atoms with van der Waals surface area (Å²) in [5, 5.41) is 2.80. The lowest BCUT2D eigenvalue weighted by molar-refractivity contribution is -0.116. The molecule has 3 aromatic rings. The third-order valence-corrected chi connectivity index (χ3v) is 6.10. The fourth-order valence-electron chi connectivity index (χ4n) is 3.62. The summed E-state index contributed by atoms with van der Waals surface area (Å²) in [6.07, 6.45) is 2.43. The second-order valence-electron chi connectivity index (χ2n) is 7.39. The zero-order valence-electron chi connectivity index (χ0n) is 20.4. The van der Waals surface area contributed by atoms with Crippen molar-refractivity contribution in [1.82, 2.24) is 4.37 Å². The second-order valence-corrected chi connectivity index (χ2v) is 8.19. The first-order chi connectivity index (χ1) is 16.9. The average molecular weight is 537 g/mol. The molecule has 5 N–H and O–H groups in total. The van der Waals surface area contributed by atoms with E-state index in [2.05, 4.69) is 9.69 Å². The molecule has 1 heterocycles. The Morgan fingerprint density at radius 3 is 2.11 bits per heavy atom. The molecule has 0 aliphatic rings. The maximum Gasteiger partial charge on any atom is 0.252 e. The number of nitrogens with two attached hydrogens (primary N) is 2. The molecule has 0 saturated heterocycles. The number of aromatic nitrogens is 1. The maximum absolute atomic E-state index is 12.4. The van der Waals surface area contributed by atoms with Crippen molar-refractivity contribution in [2.45, 2.75) is 12.8 Å². The molecule has 0 spiro atoms. The number of hydrogen-bond acceptors (Lipinski definition) is 9. The topological polar surface area (TPSA) is 148 Å². The number of rotatable bonds is 11. The maximum atomic E-state index is 12.4. The van der Waals surface area contributed by atoms with E-state index in [1.807, 2.05) is 12.1 Å². The average Bonchev–Trinajstić information content (AvgIpc) is 3.36. The molecule has 0 aliphatic heterocycles. The van der Waals surface area contributed by atoms with Gasteiger partial charge in [-0.15, -0.1) is 12.4 Å². The summed E-state index contributed by atoms with van der Waals surface area (Å²) in [7, 11) is 6.02. The van der Waals surface area contributed by atoms with E-state index < -0.39 is 5.91 Å². The van der Waals surface area contributed by atoms with Gasteiger partial charge < -0.3 is 35.7 Å². The van der Waals surface area contributed by atoms with Crippen molar-refractivity contribution in [2.24, 2.45) is 11.5 Å². The highest BCUT2D eigenvalue weighted by Gasteiger charge is 2.22. The molecule has 0 radical (unpaired) electrons. The van der Waals surface area contributed by atoms with Crippen LogP contribution in [0, 0.1) is 0 Å². The number of carbonyl (C=O) groups excluding carboxylic acids is 2. The molecule has 3 rings (SSSR count). The Kier molecular flexibility index (Phi) is 10.3. The fraction of sp³-hybridized carbons (Fsp3) is 0.292. The van der Waals surface area contributed by atoms with Crippen LogP contribution in [0.25, 0.3) is 21.6 Å². The number of hydrogen-bond donors (Lipinski definition) is 3. The zero-order valence-corrected chi connectivity index (χ0v) is 22.0. The summed E-state index contributed by atoms with van der Waals surface area (Å²) in [6.45, 7) is 0.385. The van der Waals surface area contributed by atoms with Crippen molar-refractivity contribution in [3.8, 4) is 44.6 Å². The number of halogens is 1. The molecule has 0 aliphatic carbocycles. The number of benzene rings is 2. The summed E-state index contributed by atoms with van der Waals surface area (Å²) < 4.78 is 26.2. The number of anilines is 1. The van der Waals surface area contributed by atoms with Crippen LogP contribution in [0.2, 0.25) is 0 Å². The van der Waals surface area contributed by atoms with Crippen LogP contribution in [-0.4, -0.2) is 51.2 Å². The first-order valence-corrected chi connectivity index (χ1v) is 11.4. The number of amides is 2. The van der Waals surface area contributed by atoms with Crippen molar-refractivity contribution in [3.63, 3.8) is 0 Å². The van der Waals surface area contributed by atoms with Gasteiger partial charge in [0.25, 0.3) is 5.91 Å². The van der Waals surface area contributed by atoms with Crippen LogP contribution in [0.3, 0.4) is 0 Å². The van der Waals surface area contributed by atoms with Crippen LogP contribution in [0.15, 0.2) is 30.5 Å². The first-order valence-electron chi connectivity index (χ1n) is 10.7. The van der Waals surface area contributed by atoms with Crippen molar-refractivity contribution >= 4 is 41.4 Å². The van der Waals surface area contributed by atoms with Gasteiger partial charge in [0, 0.05) is 23.7 Å². The number of nitrogens with one attached hydrogen (secondary N) is 1. The van der Waals surface area contributed by atoms with Gasteiger partial charge in [-0.2, -0.15) is 4.37 Å². The van der Waals surface area contributed by atoms with E-state index in [-0.39, 0.29) is 36.0 Å². The van der Waals surface area contributed by atoms with Crippen LogP contribution in [0.4, 0.5) is 5.69 Å². The Hall–Kier alpha value is -3.54. The summed E-state index contributed by atoms with van der Waals surface area (Å²) in [5.41, 5.74) is 13.7. The molecule has 0 unspecified atom stereocenters. The van der Waals surface area contributed by atoms with E-state index in [9.17, 15) is 9.59 Å². The molecule has 36 heavy (non-hydrogen) atoms. The molecule has 194 valence electrons. The molecule has 0 fully saturated rings. The molecule has 0 bridgehead atoms. The SMILES string of the molecule is COc1cc(-c2sncc2-c2cc(NC(=O)CCCN)c(OC)c(C(N)=O)c2)cc(OC)c1OC.Cl. The molecular formula is C24H29ClN4O6S. The normalized spacial score (nSPS) is 10.2. The fourth-order valence-corrected chi connectivity index (χ4v) is 4.38. The lowest BCUT2D eigenvalue weighted by atomic mass is 9.99. The molecule has 0 saturated carbocycles. The first kappa shape index (κ1) is 28.7. The van der Waals surface area contributed by atoms with Gasteiger partial charge in [-0.05, 0) is 54.3 Å². The summed E-state index contributed by atoms with van der Waals surface area (Å²) in [4.78, 5) is 25.5. The molecule has 2 aromatic carbocycles. The Balaban J connectivity index is 0.00000456. The van der Waals surface area contributed by atoms with E-state index in [0.717, 1.165) is 10.4 Å². The quantitative estimate of drug-likeness (QED) is 0.336. The molecule has 0 atom stereocenters. The number of nitrogens with zero attached hydrogens (tertiary/aromatic N) is 1. The Morgan fingerprint density at radius 2 is 1.58 bits per heavy atom. The predicted molar refractivity (Wildman–Crippen MR) is 142 cm³/mol. The van der Waals surface area contributed by atoms with E-state index in [1.165, 1.54) is 40.0 Å². The summed E-state index contributed by atoms with van der Waals surface area (Å²) in [6, 6.07) is 6.96. The van der Waals surface area contributed by atoms with Crippen molar-refractivity contribution in [1.29, 1.82) is 0 Å². The third kappa shape index (κ3) is 5.99. The van der Waals surface area contributed by atoms with Crippen molar-refractivity contribution < 1.29 is 28.5 Å². The summed E-state index contributed by atoms with van der Waals surface area (Å²) >= 11 is 1.25. The molecule has 1 aromatic heterocycles. The van der Waals surface area contributed by atoms with Crippen molar-refractivity contribution in [3.05, 3.63) is 36.0 Å². The summed E-state index contributed by atoms with van der Waals surface area (Å²) in [5.74, 6) is 0.671. The van der Waals surface area contributed by atoms with E-state index in [1.54, 1.807) is 18.3 Å². The van der Waals surface area contributed by atoms with Gasteiger partial charge >= 0.3 is 0 Å². The Bertz CT molecular complexity index is 1210. The van der Waals surface area contributed by atoms with Crippen molar-refractivity contribution in [2.75, 3.05) is 40.3 Å². The van der Waals surface area contributed by atoms with Gasteiger partial charge in [0.1, 0.15) is 0 Å². The highest BCUT2D eigenvalue weighted by molar-refractivity contribution is 7.10. The largest absolute Gasteiger partial charge is 0.494 e. The minimum atomic E-state index is -0.696. The third-order valence-electron chi connectivity index (χ3n) is 5.25. The number of primary amides is 1. The smallest absolute Gasteiger partial charge is 0.252 e. The molecule has 2 amide bonds. The van der Waals surface area contributed by atoms with Gasteiger partial charge in [-0.3, -0.25) is 9.59 Å². The highest BCUT2D eigenvalue weighted by atomic mass is 35.5. The molecular weight excluding hydrogens is 508 g/mol. The van der Waals surface area contributed by atoms with Gasteiger partial charge in [0.2, 0.25) is 11.7 Å². The van der Waals surface area contributed by atoms with Gasteiger partial charge in [0.15, 0.2) is 17.2 Å². The van der Waals surface area contributed by atoms with Crippen LogP contribution < -0.4 is 35.7 Å². The van der Waals surface area contributed by atoms with Crippen LogP contribution in [0.1, 0.15) is 23.2 Å². The van der Waals surface area contributed by atoms with E-state index in [0.29, 0.717) is 47.0 Å². The number of ether oxygens (including phenoxy) is 4. The lowest BCUT2D eigenvalue weighted by Gasteiger charge is -2.16. The van der Waals surface area contributed by atoms with Gasteiger partial charge in [0.05, 0.1) is 44.6 Å². The van der Waals surface area contributed by atoms with Crippen LogP contribution in [-0.2, 0) is 4.79 Å². The van der Waals surface area contributed by atoms with Gasteiger partial charge in [-0.1, -0.05) is 0 Å². The molecule has 12 heteroatoms. The Morgan fingerprint density at radius 1 is 0.944 bits per heavy atom.